The first-order valence-electron chi connectivity index (χ1n) is 9.43. The molecule has 0 saturated carbocycles. The van der Waals surface area contributed by atoms with Crippen LogP contribution in [0.3, 0.4) is 0 Å². The summed E-state index contributed by atoms with van der Waals surface area (Å²) in [5.41, 5.74) is 0.812. The van der Waals surface area contributed by atoms with Crippen molar-refractivity contribution >= 4 is 39.9 Å². The third-order valence-electron chi connectivity index (χ3n) is 4.79. The molecule has 0 unspecified atom stereocenters. The van der Waals surface area contributed by atoms with E-state index in [0.29, 0.717) is 4.91 Å². The number of β-lactam (4-membered cyclic amide) rings is 1. The normalized spacial score (nSPS) is 20.7. The van der Waals surface area contributed by atoms with Crippen LogP contribution in [0.1, 0.15) is 18.9 Å². The average molecular weight is 505 g/mol. The molecule has 0 aromatic heterocycles. The predicted molar refractivity (Wildman–Crippen MR) is 114 cm³/mol. The molecular formula is C20H21N2NaO8S2. The molecule has 10 nitrogen and oxygen atoms in total. The number of amides is 2. The predicted octanol–water partition coefficient (Wildman–Crippen LogP) is -1.46. The summed E-state index contributed by atoms with van der Waals surface area (Å²) in [4.78, 5) is 38.3. The van der Waals surface area contributed by atoms with Crippen molar-refractivity contribution in [2.75, 3.05) is 0 Å². The molecule has 3 rings (SSSR count). The molecule has 2 amide bonds. The van der Waals surface area contributed by atoms with Crippen LogP contribution >= 0.6 is 11.8 Å². The number of benzene rings is 1. The molecule has 2 heterocycles. The molecule has 1 saturated heterocycles. The maximum Gasteiger partial charge on any atom is 1.00 e. The number of nitrogens with zero attached hydrogens (tertiary/aromatic N) is 1. The fourth-order valence-corrected chi connectivity index (χ4v) is 4.77. The van der Waals surface area contributed by atoms with Crippen LogP contribution in [-0.4, -0.2) is 47.8 Å². The zero-order valence-corrected chi connectivity index (χ0v) is 21.6. The van der Waals surface area contributed by atoms with Gasteiger partial charge in [0.1, 0.15) is 12.3 Å². The van der Waals surface area contributed by atoms with Crippen molar-refractivity contribution in [1.82, 2.24) is 10.2 Å². The third-order valence-corrected chi connectivity index (χ3v) is 6.19. The Morgan fingerprint density at radius 1 is 1.36 bits per heavy atom. The first kappa shape index (κ1) is 27.6. The van der Waals surface area contributed by atoms with E-state index in [1.54, 1.807) is 29.7 Å². The number of hydrogen-bond acceptors (Lipinski definition) is 8. The summed E-state index contributed by atoms with van der Waals surface area (Å²) < 4.78 is 40.7. The van der Waals surface area contributed by atoms with Crippen molar-refractivity contribution in [2.24, 2.45) is 5.92 Å². The molecule has 0 spiro atoms. The Bertz CT molecular complexity index is 1070. The molecule has 3 atom stereocenters. The molecule has 1 aromatic carbocycles. The Morgan fingerprint density at radius 3 is 2.64 bits per heavy atom. The fraction of sp³-hybridized carbons (Fsp3) is 0.300. The summed E-state index contributed by atoms with van der Waals surface area (Å²) >= 11 is 1.12. The van der Waals surface area contributed by atoms with Gasteiger partial charge in [0.25, 0.3) is 0 Å². The summed E-state index contributed by atoms with van der Waals surface area (Å²) in [6, 6.07) is 8.42. The zero-order chi connectivity index (χ0) is 23.5. The number of thioether (sulfide) groups is 1. The molecule has 1 aromatic rings. The first-order valence-corrected chi connectivity index (χ1v) is 11.7. The van der Waals surface area contributed by atoms with Gasteiger partial charge in [-0.25, -0.2) is 4.79 Å². The Morgan fingerprint density at radius 2 is 2.03 bits per heavy atom. The monoisotopic (exact) mass is 504 g/mol. The Kier molecular flexibility index (Phi) is 9.73. The van der Waals surface area contributed by atoms with Gasteiger partial charge in [0.2, 0.25) is 11.8 Å². The van der Waals surface area contributed by atoms with E-state index in [-0.39, 0.29) is 54.2 Å². The largest absolute Gasteiger partial charge is 1.00 e. The van der Waals surface area contributed by atoms with E-state index >= 15 is 0 Å². The molecule has 172 valence electrons. The first-order chi connectivity index (χ1) is 15.1. The van der Waals surface area contributed by atoms with Gasteiger partial charge in [0, 0.05) is 24.4 Å². The number of carbonyl (C=O) groups is 3. The van der Waals surface area contributed by atoms with Crippen molar-refractivity contribution in [3.63, 3.8) is 0 Å². The Labute approximate surface area is 218 Å². The third kappa shape index (κ3) is 6.92. The van der Waals surface area contributed by atoms with E-state index < -0.39 is 40.3 Å². The van der Waals surface area contributed by atoms with Crippen LogP contribution in [0.4, 0.5) is 0 Å². The quantitative estimate of drug-likeness (QED) is 0.136. The minimum absolute atomic E-state index is 0. The standard InChI is InChI=1S/C20H21N2O8S2.Na/c1-12(30-32(26,27)28)17-15-10-16(31-9-8-21-13(2)23)18(22(15)19(17)24)20(25)29-11-14-6-4-3-5-7-14;/h3-9,12,15,17H,1,10-11H2,2H3,(H,21,23)(H,26,27,28);/q-1;+1/b9-8+;/t12-,15-,17+;/m1./s1. The van der Waals surface area contributed by atoms with Crippen LogP contribution in [0.25, 0.3) is 0 Å². The number of nitrogens with one attached hydrogen (secondary N) is 1. The molecule has 0 aliphatic carbocycles. The van der Waals surface area contributed by atoms with Crippen LogP contribution in [0.5, 0.6) is 0 Å². The number of carbonyl (C=O) groups excluding carboxylic acids is 3. The second-order valence-electron chi connectivity index (χ2n) is 7.02. The van der Waals surface area contributed by atoms with Gasteiger partial charge in [0.05, 0.1) is 12.0 Å². The van der Waals surface area contributed by atoms with Gasteiger partial charge in [0.15, 0.2) is 0 Å². The number of ether oxygens (including phenoxy) is 1. The minimum atomic E-state index is -4.80. The van der Waals surface area contributed by atoms with Gasteiger partial charge >= 0.3 is 45.9 Å². The fourth-order valence-electron chi connectivity index (χ4n) is 3.48. The van der Waals surface area contributed by atoms with Crippen LogP contribution in [-0.2, 0) is 40.3 Å². The smallest absolute Gasteiger partial charge is 0.456 e. The maximum atomic E-state index is 12.8. The van der Waals surface area contributed by atoms with Crippen LogP contribution in [0.15, 0.2) is 52.5 Å². The van der Waals surface area contributed by atoms with E-state index in [2.05, 4.69) is 16.4 Å². The Balaban J connectivity index is 0.00000385. The number of hydrogen-bond donors (Lipinski definition) is 2. The van der Waals surface area contributed by atoms with Gasteiger partial charge in [-0.15, -0.1) is 0 Å². The van der Waals surface area contributed by atoms with Gasteiger partial charge in [-0.1, -0.05) is 42.1 Å². The molecule has 13 heteroatoms. The van der Waals surface area contributed by atoms with Gasteiger partial charge < -0.3 is 21.9 Å². The van der Waals surface area contributed by atoms with Crippen LogP contribution < -0.4 is 34.9 Å². The molecule has 2 aliphatic heterocycles. The van der Waals surface area contributed by atoms with E-state index in [1.165, 1.54) is 18.0 Å². The van der Waals surface area contributed by atoms with E-state index in [4.69, 9.17) is 9.29 Å². The van der Waals surface area contributed by atoms with Crippen molar-refractivity contribution in [2.45, 2.75) is 32.1 Å². The number of fused-ring (bicyclic) bond motifs is 1. The summed E-state index contributed by atoms with van der Waals surface area (Å²) in [7, 11) is -4.80. The second kappa shape index (κ2) is 11.6. The van der Waals surface area contributed by atoms with Crippen LogP contribution in [0.2, 0.25) is 0 Å². The number of rotatable bonds is 9. The second-order valence-corrected chi connectivity index (χ2v) is 9.07. The molecule has 33 heavy (non-hydrogen) atoms. The molecular weight excluding hydrogens is 483 g/mol. The summed E-state index contributed by atoms with van der Waals surface area (Å²) in [5.74, 6) is -2.51. The summed E-state index contributed by atoms with van der Waals surface area (Å²) in [5, 5.41) is 4.02. The van der Waals surface area contributed by atoms with E-state index in [1.807, 2.05) is 6.07 Å². The molecule has 0 radical (unpaired) electrons. The van der Waals surface area contributed by atoms with Crippen molar-refractivity contribution in [3.05, 3.63) is 65.0 Å². The van der Waals surface area contributed by atoms with Crippen molar-refractivity contribution in [1.29, 1.82) is 0 Å². The molecule has 2 N–H and O–H groups in total. The van der Waals surface area contributed by atoms with Crippen molar-refractivity contribution in [3.8, 4) is 0 Å². The molecule has 0 bridgehead atoms. The summed E-state index contributed by atoms with van der Waals surface area (Å²) in [6.07, 6.45) is 0.259. The van der Waals surface area contributed by atoms with E-state index in [9.17, 15) is 22.8 Å². The average Bonchev–Trinajstić information content (AvgIpc) is 3.03. The van der Waals surface area contributed by atoms with Crippen molar-refractivity contribution < 1.29 is 65.8 Å². The zero-order valence-electron chi connectivity index (χ0n) is 18.0. The Hall–Kier alpha value is -1.67. The van der Waals surface area contributed by atoms with Crippen LogP contribution in [0, 0.1) is 12.8 Å². The maximum absolute atomic E-state index is 12.8. The van der Waals surface area contributed by atoms with Gasteiger partial charge in [-0.2, -0.15) is 8.42 Å². The number of esters is 1. The van der Waals surface area contributed by atoms with Gasteiger partial charge in [-0.3, -0.25) is 18.3 Å². The topological polar surface area (TPSA) is 139 Å². The SMILES string of the molecule is [CH2-][C@@H](OS(=O)(=O)O)[C@@H]1C(=O)N2C(C(=O)OCc3ccccc3)=C(S/C=C/NC(C)=O)C[C@H]12.[Na+]. The summed E-state index contributed by atoms with van der Waals surface area (Å²) in [6.45, 7) is 4.86. The minimum Gasteiger partial charge on any atom is -0.456 e. The van der Waals surface area contributed by atoms with Gasteiger partial charge in [-0.05, 0) is 17.1 Å². The van der Waals surface area contributed by atoms with E-state index in [0.717, 1.165) is 17.3 Å². The molecule has 1 fully saturated rings. The molecule has 2 aliphatic rings.